The molecule has 0 saturated carbocycles. The molecule has 0 bridgehead atoms. The van der Waals surface area contributed by atoms with Gasteiger partial charge in [-0.1, -0.05) is 30.3 Å². The van der Waals surface area contributed by atoms with Gasteiger partial charge in [0.25, 0.3) is 5.91 Å². The third-order valence-electron chi connectivity index (χ3n) is 5.67. The normalized spacial score (nSPS) is 15.5. The second-order valence-electron chi connectivity index (χ2n) is 7.96. The van der Waals surface area contributed by atoms with Gasteiger partial charge < -0.3 is 15.5 Å². The van der Waals surface area contributed by atoms with Gasteiger partial charge in [-0.3, -0.25) is 14.4 Å². The Morgan fingerprint density at radius 3 is 2.21 bits per heavy atom. The Labute approximate surface area is 191 Å². The molecular weight excluding hydrogens is 420 g/mol. The Hall–Kier alpha value is -4.01. The number of likely N-dealkylation sites (tertiary alicyclic amines) is 1. The lowest BCUT2D eigenvalue weighted by Crippen LogP contribution is -2.43. The van der Waals surface area contributed by atoms with E-state index >= 15 is 0 Å². The lowest BCUT2D eigenvalue weighted by Gasteiger charge is -2.34. The molecule has 1 aromatic heterocycles. The van der Waals surface area contributed by atoms with Crippen LogP contribution in [0.3, 0.4) is 0 Å². The van der Waals surface area contributed by atoms with E-state index in [2.05, 4.69) is 20.7 Å². The summed E-state index contributed by atoms with van der Waals surface area (Å²) in [6, 6.07) is 15.0. The number of benzene rings is 2. The molecule has 2 heterocycles. The zero-order valence-corrected chi connectivity index (χ0v) is 18.3. The summed E-state index contributed by atoms with van der Waals surface area (Å²) >= 11 is 0. The quantitative estimate of drug-likeness (QED) is 0.579. The largest absolute Gasteiger partial charge is 0.327 e. The van der Waals surface area contributed by atoms with Gasteiger partial charge in [0, 0.05) is 24.3 Å². The van der Waals surface area contributed by atoms with Crippen molar-refractivity contribution in [2.75, 3.05) is 17.2 Å². The summed E-state index contributed by atoms with van der Waals surface area (Å²) < 4.78 is 1.47. The highest BCUT2D eigenvalue weighted by Gasteiger charge is 2.32. The SMILES string of the molecule is CC(C(=O)Nc1ccc(NC(=O)C(c2ccccc2)N2CCCCC2=O)cc1)n1cncn1. The summed E-state index contributed by atoms with van der Waals surface area (Å²) in [4.78, 5) is 43.7. The minimum absolute atomic E-state index is 0.00943. The number of hydrogen-bond acceptors (Lipinski definition) is 5. The molecule has 170 valence electrons. The van der Waals surface area contributed by atoms with Gasteiger partial charge in [-0.25, -0.2) is 9.67 Å². The highest BCUT2D eigenvalue weighted by molar-refractivity contribution is 5.98. The summed E-state index contributed by atoms with van der Waals surface area (Å²) in [6.07, 6.45) is 5.05. The molecule has 3 aromatic rings. The van der Waals surface area contributed by atoms with Crippen LogP contribution in [-0.2, 0) is 14.4 Å². The maximum absolute atomic E-state index is 13.3. The molecule has 0 spiro atoms. The van der Waals surface area contributed by atoms with Crippen LogP contribution in [0, 0.1) is 0 Å². The van der Waals surface area contributed by atoms with E-state index in [1.54, 1.807) is 36.1 Å². The molecule has 2 N–H and O–H groups in total. The van der Waals surface area contributed by atoms with Gasteiger partial charge in [-0.05, 0) is 49.6 Å². The number of carbonyl (C=O) groups excluding carboxylic acids is 3. The smallest absolute Gasteiger partial charge is 0.251 e. The third-order valence-corrected chi connectivity index (χ3v) is 5.67. The van der Waals surface area contributed by atoms with Crippen LogP contribution in [0.4, 0.5) is 11.4 Å². The molecule has 2 atom stereocenters. The lowest BCUT2D eigenvalue weighted by atomic mass is 10.0. The van der Waals surface area contributed by atoms with Crippen LogP contribution in [0.2, 0.25) is 0 Å². The zero-order chi connectivity index (χ0) is 23.2. The first-order chi connectivity index (χ1) is 16.0. The molecular formula is C24H26N6O3. The second kappa shape index (κ2) is 10.1. The summed E-state index contributed by atoms with van der Waals surface area (Å²) in [5.41, 5.74) is 1.94. The molecule has 0 radical (unpaired) electrons. The van der Waals surface area contributed by atoms with Crippen molar-refractivity contribution in [2.45, 2.75) is 38.3 Å². The Balaban J connectivity index is 1.45. The first-order valence-electron chi connectivity index (χ1n) is 10.9. The van der Waals surface area contributed by atoms with Gasteiger partial charge in [0.1, 0.15) is 24.7 Å². The predicted octanol–water partition coefficient (Wildman–Crippen LogP) is 3.17. The number of nitrogens with one attached hydrogen (secondary N) is 2. The van der Waals surface area contributed by atoms with Crippen molar-refractivity contribution < 1.29 is 14.4 Å². The van der Waals surface area contributed by atoms with Gasteiger partial charge in [-0.15, -0.1) is 0 Å². The van der Waals surface area contributed by atoms with Crippen LogP contribution < -0.4 is 10.6 Å². The highest BCUT2D eigenvalue weighted by atomic mass is 16.2. The van der Waals surface area contributed by atoms with Crippen LogP contribution in [0.5, 0.6) is 0 Å². The Morgan fingerprint density at radius 2 is 1.61 bits per heavy atom. The minimum atomic E-state index is -0.693. The second-order valence-corrected chi connectivity index (χ2v) is 7.96. The Morgan fingerprint density at radius 1 is 0.939 bits per heavy atom. The van der Waals surface area contributed by atoms with Crippen LogP contribution in [0.1, 0.15) is 43.8 Å². The molecule has 1 saturated heterocycles. The number of hydrogen-bond donors (Lipinski definition) is 2. The van der Waals surface area contributed by atoms with Crippen LogP contribution in [-0.4, -0.2) is 43.9 Å². The summed E-state index contributed by atoms with van der Waals surface area (Å²) in [7, 11) is 0. The van der Waals surface area contributed by atoms with Crippen LogP contribution in [0.25, 0.3) is 0 Å². The fourth-order valence-corrected chi connectivity index (χ4v) is 3.84. The molecule has 1 aliphatic rings. The number of anilines is 2. The summed E-state index contributed by atoms with van der Waals surface area (Å²) in [5, 5.41) is 9.72. The molecule has 0 aliphatic carbocycles. The van der Waals surface area contributed by atoms with Crippen molar-refractivity contribution in [2.24, 2.45) is 0 Å². The predicted molar refractivity (Wildman–Crippen MR) is 123 cm³/mol. The Bertz CT molecular complexity index is 1100. The van der Waals surface area contributed by atoms with Gasteiger partial charge >= 0.3 is 0 Å². The number of amides is 3. The van der Waals surface area contributed by atoms with E-state index < -0.39 is 12.1 Å². The zero-order valence-electron chi connectivity index (χ0n) is 18.3. The highest BCUT2D eigenvalue weighted by Crippen LogP contribution is 2.27. The van der Waals surface area contributed by atoms with Crippen molar-refractivity contribution in [3.8, 4) is 0 Å². The van der Waals surface area contributed by atoms with Gasteiger partial charge in [0.15, 0.2) is 0 Å². The third kappa shape index (κ3) is 5.25. The fourth-order valence-electron chi connectivity index (χ4n) is 3.84. The van der Waals surface area contributed by atoms with Crippen LogP contribution >= 0.6 is 0 Å². The number of rotatable bonds is 7. The molecule has 33 heavy (non-hydrogen) atoms. The summed E-state index contributed by atoms with van der Waals surface area (Å²) in [5.74, 6) is -0.511. The standard InChI is InChI=1S/C24H26N6O3/c1-17(30-16-25-15-26-30)23(32)27-19-10-12-20(13-11-19)28-24(33)22(18-7-3-2-4-8-18)29-14-6-5-9-21(29)31/h2-4,7-8,10-13,15-17,22H,5-6,9,14H2,1H3,(H,27,32)(H,28,33). The molecule has 2 unspecified atom stereocenters. The first-order valence-corrected chi connectivity index (χ1v) is 10.9. The van der Waals surface area contributed by atoms with E-state index in [1.165, 1.54) is 17.3 Å². The first kappa shape index (κ1) is 22.2. The molecule has 2 aromatic carbocycles. The average molecular weight is 447 g/mol. The topological polar surface area (TPSA) is 109 Å². The molecule has 3 amide bonds. The van der Waals surface area contributed by atoms with Crippen molar-refractivity contribution in [3.63, 3.8) is 0 Å². The number of aromatic nitrogens is 3. The Kier molecular flexibility index (Phi) is 6.77. The molecule has 1 fully saturated rings. The van der Waals surface area contributed by atoms with Gasteiger partial charge in [0.05, 0.1) is 0 Å². The average Bonchev–Trinajstić information content (AvgIpc) is 3.37. The number of nitrogens with zero attached hydrogens (tertiary/aromatic N) is 4. The van der Waals surface area contributed by atoms with E-state index in [1.807, 2.05) is 30.3 Å². The maximum Gasteiger partial charge on any atom is 0.251 e. The monoisotopic (exact) mass is 446 g/mol. The fraction of sp³-hybridized carbons (Fsp3) is 0.292. The minimum Gasteiger partial charge on any atom is -0.327 e. The van der Waals surface area contributed by atoms with E-state index in [4.69, 9.17) is 0 Å². The van der Waals surface area contributed by atoms with E-state index in [0.717, 1.165) is 18.4 Å². The number of carbonyl (C=O) groups is 3. The van der Waals surface area contributed by atoms with Crippen molar-refractivity contribution >= 4 is 29.1 Å². The van der Waals surface area contributed by atoms with Crippen molar-refractivity contribution in [1.82, 2.24) is 19.7 Å². The molecule has 4 rings (SSSR count). The molecule has 9 heteroatoms. The molecule has 9 nitrogen and oxygen atoms in total. The van der Waals surface area contributed by atoms with E-state index in [-0.39, 0.29) is 17.7 Å². The number of piperidine rings is 1. The van der Waals surface area contributed by atoms with Crippen molar-refractivity contribution in [3.05, 3.63) is 72.8 Å². The summed E-state index contributed by atoms with van der Waals surface area (Å²) in [6.45, 7) is 2.28. The molecule has 1 aliphatic heterocycles. The lowest BCUT2D eigenvalue weighted by molar-refractivity contribution is -0.141. The van der Waals surface area contributed by atoms with Crippen molar-refractivity contribution in [1.29, 1.82) is 0 Å². The van der Waals surface area contributed by atoms with E-state index in [9.17, 15) is 14.4 Å². The van der Waals surface area contributed by atoms with Crippen LogP contribution in [0.15, 0.2) is 67.3 Å². The van der Waals surface area contributed by atoms with E-state index in [0.29, 0.717) is 24.3 Å². The van der Waals surface area contributed by atoms with Gasteiger partial charge in [0.2, 0.25) is 11.8 Å². The van der Waals surface area contributed by atoms with Gasteiger partial charge in [-0.2, -0.15) is 5.10 Å². The maximum atomic E-state index is 13.3.